The van der Waals surface area contributed by atoms with Gasteiger partial charge in [0.1, 0.15) is 5.75 Å². The van der Waals surface area contributed by atoms with Crippen LogP contribution in [0.3, 0.4) is 0 Å². The minimum absolute atomic E-state index is 0.577. The lowest BCUT2D eigenvalue weighted by molar-refractivity contribution is 0.320. The number of para-hydroxylation sites is 2. The summed E-state index contributed by atoms with van der Waals surface area (Å²) in [7, 11) is -0.696. The van der Waals surface area contributed by atoms with Gasteiger partial charge in [-0.05, 0) is 25.0 Å². The molecule has 0 aliphatic heterocycles. The van der Waals surface area contributed by atoms with E-state index in [0.29, 0.717) is 18.0 Å². The third-order valence-corrected chi connectivity index (χ3v) is 4.16. The molecule has 0 bridgehead atoms. The summed E-state index contributed by atoms with van der Waals surface area (Å²) in [6.07, 6.45) is 4.22. The van der Waals surface area contributed by atoms with Crippen molar-refractivity contribution < 1.29 is 8.95 Å². The number of hydrogen-bond acceptors (Lipinski definition) is 3. The lowest BCUT2D eigenvalue weighted by atomic mass is 10.3. The predicted molar refractivity (Wildman–Crippen MR) is 78.4 cm³/mol. The average Bonchev–Trinajstić information content (AvgIpc) is 2.37. The molecule has 0 saturated heterocycles. The van der Waals surface area contributed by atoms with Gasteiger partial charge in [-0.25, -0.2) is 0 Å². The minimum atomic E-state index is -0.696. The molecule has 0 heterocycles. The summed E-state index contributed by atoms with van der Waals surface area (Å²) in [5, 5.41) is 0. The highest BCUT2D eigenvalue weighted by Crippen LogP contribution is 2.19. The summed E-state index contributed by atoms with van der Waals surface area (Å²) >= 11 is 0. The number of rotatable bonds is 9. The zero-order valence-electron chi connectivity index (χ0n) is 11.1. The second-order valence-electron chi connectivity index (χ2n) is 4.30. The summed E-state index contributed by atoms with van der Waals surface area (Å²) in [6, 6.07) is 7.45. The van der Waals surface area contributed by atoms with Crippen molar-refractivity contribution in [1.29, 1.82) is 0 Å². The smallest absolute Gasteiger partial charge is 0.142 e. The number of nitrogens with two attached hydrogens (primary N) is 1. The highest BCUT2D eigenvalue weighted by atomic mass is 32.2. The molecule has 1 unspecified atom stereocenters. The molecular weight excluding hydrogens is 246 g/mol. The standard InChI is InChI=1S/C14H23NO2S/c1-2-3-6-11-18(16)12-7-10-17-14-9-5-4-8-13(14)15/h4-5,8-9H,2-3,6-7,10-12,15H2,1H3. The molecule has 102 valence electrons. The van der Waals surface area contributed by atoms with Gasteiger partial charge in [-0.1, -0.05) is 31.9 Å². The van der Waals surface area contributed by atoms with Gasteiger partial charge in [-0.2, -0.15) is 0 Å². The van der Waals surface area contributed by atoms with Crippen LogP contribution in [0.1, 0.15) is 32.6 Å². The largest absolute Gasteiger partial charge is 0.491 e. The molecular formula is C14H23NO2S. The summed E-state index contributed by atoms with van der Waals surface area (Å²) in [4.78, 5) is 0. The van der Waals surface area contributed by atoms with Gasteiger partial charge in [-0.3, -0.25) is 4.21 Å². The van der Waals surface area contributed by atoms with Crippen LogP contribution in [0.15, 0.2) is 24.3 Å². The van der Waals surface area contributed by atoms with Gasteiger partial charge < -0.3 is 10.5 Å². The van der Waals surface area contributed by atoms with E-state index in [0.717, 1.165) is 24.3 Å². The summed E-state index contributed by atoms with van der Waals surface area (Å²) in [6.45, 7) is 2.73. The van der Waals surface area contributed by atoms with Crippen molar-refractivity contribution in [1.82, 2.24) is 0 Å². The number of benzene rings is 1. The van der Waals surface area contributed by atoms with E-state index in [1.807, 2.05) is 24.3 Å². The van der Waals surface area contributed by atoms with E-state index in [2.05, 4.69) is 6.92 Å². The molecule has 1 atom stereocenters. The Labute approximate surface area is 112 Å². The molecule has 3 nitrogen and oxygen atoms in total. The molecule has 1 aromatic carbocycles. The first-order chi connectivity index (χ1) is 8.74. The quantitative estimate of drug-likeness (QED) is 0.554. The molecule has 0 saturated carbocycles. The van der Waals surface area contributed by atoms with Crippen LogP contribution in [0.4, 0.5) is 5.69 Å². The molecule has 18 heavy (non-hydrogen) atoms. The molecule has 0 amide bonds. The molecule has 2 N–H and O–H groups in total. The second kappa shape index (κ2) is 8.97. The maximum Gasteiger partial charge on any atom is 0.142 e. The highest BCUT2D eigenvalue weighted by Gasteiger charge is 2.01. The minimum Gasteiger partial charge on any atom is -0.491 e. The number of nitrogen functional groups attached to an aromatic ring is 1. The molecule has 0 spiro atoms. The maximum atomic E-state index is 11.6. The van der Waals surface area contributed by atoms with E-state index in [-0.39, 0.29) is 0 Å². The fraction of sp³-hybridized carbons (Fsp3) is 0.571. The number of unbranched alkanes of at least 4 members (excludes halogenated alkanes) is 2. The summed E-state index contributed by atoms with van der Waals surface area (Å²) < 4.78 is 17.2. The fourth-order valence-electron chi connectivity index (χ4n) is 1.63. The van der Waals surface area contributed by atoms with Gasteiger partial charge in [-0.15, -0.1) is 0 Å². The van der Waals surface area contributed by atoms with Crippen LogP contribution in [0.25, 0.3) is 0 Å². The Morgan fingerprint density at radius 1 is 1.17 bits per heavy atom. The van der Waals surface area contributed by atoms with Gasteiger partial charge in [0.15, 0.2) is 0 Å². The van der Waals surface area contributed by atoms with Gasteiger partial charge in [0.2, 0.25) is 0 Å². The van der Waals surface area contributed by atoms with Crippen LogP contribution in [0.2, 0.25) is 0 Å². The summed E-state index contributed by atoms with van der Waals surface area (Å²) in [5.41, 5.74) is 6.41. The fourth-order valence-corrected chi connectivity index (χ4v) is 2.80. The number of hydrogen-bond donors (Lipinski definition) is 1. The normalized spacial score (nSPS) is 12.3. The van der Waals surface area contributed by atoms with Crippen LogP contribution in [-0.2, 0) is 10.8 Å². The van der Waals surface area contributed by atoms with Crippen molar-refractivity contribution >= 4 is 16.5 Å². The van der Waals surface area contributed by atoms with Crippen molar-refractivity contribution in [2.75, 3.05) is 23.8 Å². The van der Waals surface area contributed by atoms with E-state index < -0.39 is 10.8 Å². The highest BCUT2D eigenvalue weighted by molar-refractivity contribution is 7.84. The Morgan fingerprint density at radius 2 is 1.89 bits per heavy atom. The Kier molecular flexibility index (Phi) is 7.49. The third kappa shape index (κ3) is 6.05. The van der Waals surface area contributed by atoms with Crippen LogP contribution >= 0.6 is 0 Å². The molecule has 1 aromatic rings. The number of anilines is 1. The molecule has 0 aliphatic rings. The Bertz CT molecular complexity index is 369. The Morgan fingerprint density at radius 3 is 2.61 bits per heavy atom. The first-order valence-corrected chi connectivity index (χ1v) is 8.05. The molecule has 0 aliphatic carbocycles. The molecule has 0 aromatic heterocycles. The molecule has 4 heteroatoms. The van der Waals surface area contributed by atoms with E-state index in [1.54, 1.807) is 0 Å². The SMILES string of the molecule is CCCCCS(=O)CCCOc1ccccc1N. The van der Waals surface area contributed by atoms with E-state index in [4.69, 9.17) is 10.5 Å². The van der Waals surface area contributed by atoms with E-state index in [1.165, 1.54) is 12.8 Å². The lowest BCUT2D eigenvalue weighted by Crippen LogP contribution is -2.08. The predicted octanol–water partition coefficient (Wildman–Crippen LogP) is 2.98. The topological polar surface area (TPSA) is 52.3 Å². The van der Waals surface area contributed by atoms with Crippen molar-refractivity contribution in [3.8, 4) is 5.75 Å². The summed E-state index contributed by atoms with van der Waals surface area (Å²) in [5.74, 6) is 2.26. The van der Waals surface area contributed by atoms with Gasteiger partial charge >= 0.3 is 0 Å². The van der Waals surface area contributed by atoms with Crippen LogP contribution < -0.4 is 10.5 Å². The zero-order chi connectivity index (χ0) is 13.2. The molecule has 0 fully saturated rings. The molecule has 1 rings (SSSR count). The van der Waals surface area contributed by atoms with Gasteiger partial charge in [0.25, 0.3) is 0 Å². The molecule has 0 radical (unpaired) electrons. The maximum absolute atomic E-state index is 11.6. The van der Waals surface area contributed by atoms with Crippen LogP contribution in [0.5, 0.6) is 5.75 Å². The van der Waals surface area contributed by atoms with Crippen molar-refractivity contribution in [2.24, 2.45) is 0 Å². The number of ether oxygens (including phenoxy) is 1. The van der Waals surface area contributed by atoms with Crippen molar-refractivity contribution in [3.63, 3.8) is 0 Å². The Hall–Kier alpha value is -1.03. The van der Waals surface area contributed by atoms with Gasteiger partial charge in [0, 0.05) is 22.3 Å². The second-order valence-corrected chi connectivity index (χ2v) is 5.99. The third-order valence-electron chi connectivity index (χ3n) is 2.67. The van der Waals surface area contributed by atoms with Crippen molar-refractivity contribution in [3.05, 3.63) is 24.3 Å². The zero-order valence-corrected chi connectivity index (χ0v) is 11.9. The lowest BCUT2D eigenvalue weighted by Gasteiger charge is -2.08. The van der Waals surface area contributed by atoms with Gasteiger partial charge in [0.05, 0.1) is 12.3 Å². The van der Waals surface area contributed by atoms with E-state index >= 15 is 0 Å². The monoisotopic (exact) mass is 269 g/mol. The first kappa shape index (κ1) is 15.0. The van der Waals surface area contributed by atoms with Crippen LogP contribution in [-0.4, -0.2) is 22.3 Å². The van der Waals surface area contributed by atoms with E-state index in [9.17, 15) is 4.21 Å². The van der Waals surface area contributed by atoms with Crippen molar-refractivity contribution in [2.45, 2.75) is 32.6 Å². The average molecular weight is 269 g/mol. The van der Waals surface area contributed by atoms with Crippen LogP contribution in [0, 0.1) is 0 Å². The Balaban J connectivity index is 2.12. The first-order valence-electron chi connectivity index (χ1n) is 6.56.